The van der Waals surface area contributed by atoms with Crippen LogP contribution in [0.1, 0.15) is 19.5 Å². The van der Waals surface area contributed by atoms with E-state index < -0.39 is 0 Å². The van der Waals surface area contributed by atoms with Gasteiger partial charge in [-0.1, -0.05) is 13.8 Å². The average Bonchev–Trinajstić information content (AvgIpc) is 3.12. The molecule has 0 spiro atoms. The molecule has 1 aromatic heterocycles. The van der Waals surface area contributed by atoms with Crippen molar-refractivity contribution >= 4 is 17.2 Å². The molecule has 1 amide bonds. The molecule has 8 heteroatoms. The van der Waals surface area contributed by atoms with Gasteiger partial charge in [0.2, 0.25) is 11.7 Å². The van der Waals surface area contributed by atoms with Gasteiger partial charge in [0.05, 0.1) is 46.1 Å². The lowest BCUT2D eigenvalue weighted by molar-refractivity contribution is -0.121. The molecule has 0 radical (unpaired) electrons. The summed E-state index contributed by atoms with van der Waals surface area (Å²) >= 11 is 1.43. The predicted molar refractivity (Wildman–Crippen MR) is 105 cm³/mol. The number of aliphatic hydroxyl groups is 1. The highest BCUT2D eigenvalue weighted by atomic mass is 32.1. The third-order valence-corrected chi connectivity index (χ3v) is 5.09. The number of benzene rings is 1. The second kappa shape index (κ2) is 9.57. The zero-order chi connectivity index (χ0) is 20.0. The molecule has 27 heavy (non-hydrogen) atoms. The van der Waals surface area contributed by atoms with E-state index in [1.807, 2.05) is 31.4 Å². The zero-order valence-electron chi connectivity index (χ0n) is 16.2. The third-order valence-electron chi connectivity index (χ3n) is 4.15. The van der Waals surface area contributed by atoms with Crippen LogP contribution < -0.4 is 19.5 Å². The maximum Gasteiger partial charge on any atom is 0.226 e. The SMILES string of the molecule is COc1cc(-c2nc(CC(=O)N[C@H](CO)C(C)C)cs2)cc(OC)c1OC. The minimum absolute atomic E-state index is 0.0862. The van der Waals surface area contributed by atoms with Gasteiger partial charge in [-0.15, -0.1) is 11.3 Å². The summed E-state index contributed by atoms with van der Waals surface area (Å²) in [6, 6.07) is 3.39. The number of methoxy groups -OCH3 is 3. The van der Waals surface area contributed by atoms with Crippen LogP contribution in [-0.2, 0) is 11.2 Å². The van der Waals surface area contributed by atoms with Gasteiger partial charge in [0.15, 0.2) is 11.5 Å². The second-order valence-electron chi connectivity index (χ2n) is 6.34. The summed E-state index contributed by atoms with van der Waals surface area (Å²) in [5, 5.41) is 14.8. The fourth-order valence-electron chi connectivity index (χ4n) is 2.57. The zero-order valence-corrected chi connectivity index (χ0v) is 17.1. The predicted octanol–water partition coefficient (Wildman–Crippen LogP) is 2.51. The Morgan fingerprint density at radius 1 is 1.19 bits per heavy atom. The Balaban J connectivity index is 2.19. The van der Waals surface area contributed by atoms with Crippen molar-refractivity contribution in [1.82, 2.24) is 10.3 Å². The monoisotopic (exact) mass is 394 g/mol. The van der Waals surface area contributed by atoms with E-state index in [1.54, 1.807) is 21.3 Å². The number of rotatable bonds is 9. The van der Waals surface area contributed by atoms with Gasteiger partial charge >= 0.3 is 0 Å². The van der Waals surface area contributed by atoms with Crippen LogP contribution in [0.3, 0.4) is 0 Å². The van der Waals surface area contributed by atoms with Crippen LogP contribution in [0.4, 0.5) is 0 Å². The highest BCUT2D eigenvalue weighted by Crippen LogP contribution is 2.41. The van der Waals surface area contributed by atoms with Crippen molar-refractivity contribution < 1.29 is 24.1 Å². The molecule has 1 atom stereocenters. The number of nitrogens with zero attached hydrogens (tertiary/aromatic N) is 1. The van der Waals surface area contributed by atoms with E-state index in [4.69, 9.17) is 14.2 Å². The van der Waals surface area contributed by atoms with Gasteiger partial charge in [-0.2, -0.15) is 0 Å². The summed E-state index contributed by atoms with van der Waals surface area (Å²) in [5.74, 6) is 1.60. The summed E-state index contributed by atoms with van der Waals surface area (Å²) in [5.41, 5.74) is 1.48. The molecule has 2 N–H and O–H groups in total. The lowest BCUT2D eigenvalue weighted by Gasteiger charge is -2.19. The van der Waals surface area contributed by atoms with E-state index in [1.165, 1.54) is 11.3 Å². The van der Waals surface area contributed by atoms with Gasteiger partial charge < -0.3 is 24.6 Å². The molecule has 0 aliphatic rings. The van der Waals surface area contributed by atoms with Gasteiger partial charge in [0.25, 0.3) is 0 Å². The number of amides is 1. The lowest BCUT2D eigenvalue weighted by atomic mass is 10.1. The smallest absolute Gasteiger partial charge is 0.226 e. The van der Waals surface area contributed by atoms with E-state index in [-0.39, 0.29) is 30.9 Å². The second-order valence-corrected chi connectivity index (χ2v) is 7.19. The highest BCUT2D eigenvalue weighted by molar-refractivity contribution is 7.13. The summed E-state index contributed by atoms with van der Waals surface area (Å²) in [6.45, 7) is 3.82. The maximum absolute atomic E-state index is 12.2. The Hall–Kier alpha value is -2.32. The fourth-order valence-corrected chi connectivity index (χ4v) is 3.38. The van der Waals surface area contributed by atoms with Crippen LogP contribution in [0.25, 0.3) is 10.6 Å². The summed E-state index contributed by atoms with van der Waals surface area (Å²) in [6.07, 6.45) is 0.157. The van der Waals surface area contributed by atoms with Gasteiger partial charge in [0, 0.05) is 10.9 Å². The maximum atomic E-state index is 12.2. The number of nitrogens with one attached hydrogen (secondary N) is 1. The van der Waals surface area contributed by atoms with Crippen molar-refractivity contribution in [3.8, 4) is 27.8 Å². The largest absolute Gasteiger partial charge is 0.493 e. The van der Waals surface area contributed by atoms with E-state index >= 15 is 0 Å². The fraction of sp³-hybridized carbons (Fsp3) is 0.474. The molecule has 0 unspecified atom stereocenters. The van der Waals surface area contributed by atoms with E-state index in [0.717, 1.165) is 10.6 Å². The first-order valence-corrected chi connectivity index (χ1v) is 9.46. The topological polar surface area (TPSA) is 89.9 Å². The van der Waals surface area contributed by atoms with Crippen LogP contribution in [0.5, 0.6) is 17.2 Å². The number of hydrogen-bond donors (Lipinski definition) is 2. The van der Waals surface area contributed by atoms with Crippen LogP contribution in [-0.4, -0.2) is 50.0 Å². The van der Waals surface area contributed by atoms with Crippen molar-refractivity contribution in [2.45, 2.75) is 26.3 Å². The van der Waals surface area contributed by atoms with Gasteiger partial charge in [-0.3, -0.25) is 4.79 Å². The van der Waals surface area contributed by atoms with Crippen molar-refractivity contribution in [2.24, 2.45) is 5.92 Å². The van der Waals surface area contributed by atoms with E-state index in [2.05, 4.69) is 10.3 Å². The molecule has 0 aliphatic carbocycles. The number of hydrogen-bond acceptors (Lipinski definition) is 7. The molecular weight excluding hydrogens is 368 g/mol. The van der Waals surface area contributed by atoms with Crippen LogP contribution >= 0.6 is 11.3 Å². The highest BCUT2D eigenvalue weighted by Gasteiger charge is 2.18. The van der Waals surface area contributed by atoms with Crippen molar-refractivity contribution in [3.05, 3.63) is 23.2 Å². The third kappa shape index (κ3) is 5.11. The molecule has 1 heterocycles. The Morgan fingerprint density at radius 3 is 2.30 bits per heavy atom. The van der Waals surface area contributed by atoms with Crippen LogP contribution in [0.15, 0.2) is 17.5 Å². The van der Waals surface area contributed by atoms with Gasteiger partial charge in [0.1, 0.15) is 5.01 Å². The first-order chi connectivity index (χ1) is 12.9. The molecule has 0 bridgehead atoms. The molecule has 148 valence electrons. The Labute approximate surface area is 163 Å². The Bertz CT molecular complexity index is 750. The normalized spacial score (nSPS) is 12.0. The first kappa shape index (κ1) is 21.0. The number of aliphatic hydroxyl groups excluding tert-OH is 1. The number of carbonyl (C=O) groups is 1. The van der Waals surface area contributed by atoms with Crippen LogP contribution in [0, 0.1) is 5.92 Å². The van der Waals surface area contributed by atoms with E-state index in [9.17, 15) is 9.90 Å². The van der Waals surface area contributed by atoms with Gasteiger partial charge in [-0.05, 0) is 18.1 Å². The van der Waals surface area contributed by atoms with Crippen molar-refractivity contribution in [2.75, 3.05) is 27.9 Å². The van der Waals surface area contributed by atoms with Gasteiger partial charge in [-0.25, -0.2) is 4.98 Å². The average molecular weight is 394 g/mol. The molecule has 0 saturated carbocycles. The molecule has 1 aromatic carbocycles. The quantitative estimate of drug-likeness (QED) is 0.679. The van der Waals surface area contributed by atoms with Crippen molar-refractivity contribution in [3.63, 3.8) is 0 Å². The molecule has 2 rings (SSSR count). The first-order valence-electron chi connectivity index (χ1n) is 8.58. The molecule has 0 fully saturated rings. The number of carbonyl (C=O) groups excluding carboxylic acids is 1. The molecule has 0 saturated heterocycles. The molecule has 7 nitrogen and oxygen atoms in total. The number of ether oxygens (including phenoxy) is 3. The Kier molecular flexibility index (Phi) is 7.44. The minimum Gasteiger partial charge on any atom is -0.493 e. The van der Waals surface area contributed by atoms with Crippen LogP contribution in [0.2, 0.25) is 0 Å². The lowest BCUT2D eigenvalue weighted by Crippen LogP contribution is -2.41. The number of thiazole rings is 1. The number of aromatic nitrogens is 1. The molecular formula is C19H26N2O5S. The molecule has 2 aromatic rings. The minimum atomic E-state index is -0.259. The summed E-state index contributed by atoms with van der Waals surface area (Å²) in [4.78, 5) is 16.8. The van der Waals surface area contributed by atoms with E-state index in [0.29, 0.717) is 22.9 Å². The van der Waals surface area contributed by atoms with Crippen molar-refractivity contribution in [1.29, 1.82) is 0 Å². The Morgan fingerprint density at radius 2 is 1.81 bits per heavy atom. The standard InChI is InChI=1S/C19H26N2O5S/c1-11(2)14(9-22)21-17(23)8-13-10-27-19(20-13)12-6-15(24-3)18(26-5)16(7-12)25-4/h6-7,10-11,14,22H,8-9H2,1-5H3,(H,21,23)/t14-/m1/s1. The summed E-state index contributed by atoms with van der Waals surface area (Å²) in [7, 11) is 4.67. The molecule has 0 aliphatic heterocycles. The summed E-state index contributed by atoms with van der Waals surface area (Å²) < 4.78 is 16.1.